The maximum absolute atomic E-state index is 2.29. The minimum Gasteiger partial charge on any atom is -1.00 e. The van der Waals surface area contributed by atoms with Gasteiger partial charge in [-0.3, -0.25) is 0 Å². The third-order valence-corrected chi connectivity index (χ3v) is 4.21. The molecule has 0 aromatic rings. The first-order valence-electron chi connectivity index (χ1n) is 9.42. The zero-order valence-corrected chi connectivity index (χ0v) is 23.1. The van der Waals surface area contributed by atoms with Crippen molar-refractivity contribution < 1.29 is 73.3 Å². The van der Waals surface area contributed by atoms with E-state index in [0.717, 1.165) is 0 Å². The van der Waals surface area contributed by atoms with Crippen LogP contribution in [0.4, 0.5) is 0 Å². The number of halogens is 3. The van der Waals surface area contributed by atoms with Crippen LogP contribution in [0.25, 0.3) is 0 Å². The Balaban J connectivity index is -0.000000301. The SMILES string of the molecule is CCCCCCCCCCCCCCCCCN(C)C.[Au+3].[Br-].[Br-].[Br-]. The summed E-state index contributed by atoms with van der Waals surface area (Å²) in [7, 11) is 4.34. The van der Waals surface area contributed by atoms with Gasteiger partial charge in [0.25, 0.3) is 0 Å². The Kier molecular flexibility index (Phi) is 50.5. The van der Waals surface area contributed by atoms with Crippen LogP contribution in [0.5, 0.6) is 0 Å². The van der Waals surface area contributed by atoms with Crippen molar-refractivity contribution in [2.75, 3.05) is 20.6 Å². The molecule has 0 aliphatic rings. The summed E-state index contributed by atoms with van der Waals surface area (Å²) in [5, 5.41) is 0. The normalized spacial score (nSPS) is 9.50. The number of unbranched alkanes of at least 4 members (excludes halogenated alkanes) is 14. The molecule has 0 unspecified atom stereocenters. The van der Waals surface area contributed by atoms with E-state index in [4.69, 9.17) is 0 Å². The smallest absolute Gasteiger partial charge is 1.00 e. The molecule has 0 saturated carbocycles. The Morgan fingerprint density at radius 3 is 0.958 bits per heavy atom. The predicted molar refractivity (Wildman–Crippen MR) is 93.5 cm³/mol. The van der Waals surface area contributed by atoms with Gasteiger partial charge in [0.1, 0.15) is 0 Å². The molecule has 0 amide bonds. The van der Waals surface area contributed by atoms with E-state index in [1.165, 1.54) is 103 Å². The minimum atomic E-state index is 0. The molecule has 0 aliphatic carbocycles. The van der Waals surface area contributed by atoms with Gasteiger partial charge in [0.05, 0.1) is 0 Å². The fraction of sp³-hybridized carbons (Fsp3) is 1.00. The molecular weight excluding hydrogens is 679 g/mol. The van der Waals surface area contributed by atoms with Crippen LogP contribution in [0.1, 0.15) is 103 Å². The van der Waals surface area contributed by atoms with Crippen LogP contribution in [0.15, 0.2) is 0 Å². The van der Waals surface area contributed by atoms with Crippen LogP contribution < -0.4 is 50.9 Å². The number of hydrogen-bond donors (Lipinski definition) is 0. The Morgan fingerprint density at radius 2 is 0.708 bits per heavy atom. The summed E-state index contributed by atoms with van der Waals surface area (Å²) in [4.78, 5) is 2.29. The monoisotopic (exact) mass is 717 g/mol. The first kappa shape index (κ1) is 37.0. The van der Waals surface area contributed by atoms with E-state index in [-0.39, 0.29) is 73.3 Å². The molecule has 154 valence electrons. The van der Waals surface area contributed by atoms with Gasteiger partial charge in [-0.2, -0.15) is 0 Å². The molecule has 0 aromatic heterocycles. The van der Waals surface area contributed by atoms with Crippen molar-refractivity contribution in [2.24, 2.45) is 0 Å². The fourth-order valence-electron chi connectivity index (χ4n) is 2.80. The topological polar surface area (TPSA) is 3.24 Å². The van der Waals surface area contributed by atoms with Crippen LogP contribution in [-0.4, -0.2) is 25.5 Å². The van der Waals surface area contributed by atoms with E-state index in [2.05, 4.69) is 25.9 Å². The summed E-state index contributed by atoms with van der Waals surface area (Å²) in [6.45, 7) is 3.56. The summed E-state index contributed by atoms with van der Waals surface area (Å²) >= 11 is 0. The van der Waals surface area contributed by atoms with Crippen molar-refractivity contribution in [3.05, 3.63) is 0 Å². The Hall–Kier alpha value is 2.14. The van der Waals surface area contributed by atoms with Crippen LogP contribution in [0.3, 0.4) is 0 Å². The van der Waals surface area contributed by atoms with Gasteiger partial charge in [-0.05, 0) is 27.1 Å². The van der Waals surface area contributed by atoms with Crippen molar-refractivity contribution in [3.8, 4) is 0 Å². The first-order valence-corrected chi connectivity index (χ1v) is 9.42. The van der Waals surface area contributed by atoms with Gasteiger partial charge in [-0.15, -0.1) is 0 Å². The molecular formula is C19H41AuBr3N. The van der Waals surface area contributed by atoms with E-state index in [1.807, 2.05) is 0 Å². The molecule has 1 nitrogen and oxygen atoms in total. The second kappa shape index (κ2) is 32.8. The van der Waals surface area contributed by atoms with E-state index in [1.54, 1.807) is 0 Å². The second-order valence-corrected chi connectivity index (χ2v) is 6.75. The van der Waals surface area contributed by atoms with Crippen molar-refractivity contribution in [2.45, 2.75) is 103 Å². The molecule has 0 aromatic carbocycles. The van der Waals surface area contributed by atoms with Crippen molar-refractivity contribution >= 4 is 0 Å². The van der Waals surface area contributed by atoms with Crippen LogP contribution >= 0.6 is 0 Å². The molecule has 0 aliphatic heterocycles. The molecule has 5 heteroatoms. The van der Waals surface area contributed by atoms with E-state index >= 15 is 0 Å². The summed E-state index contributed by atoms with van der Waals surface area (Å²) in [6.07, 6.45) is 21.8. The fourth-order valence-corrected chi connectivity index (χ4v) is 2.80. The van der Waals surface area contributed by atoms with Crippen LogP contribution in [-0.2, 0) is 22.4 Å². The molecule has 0 fully saturated rings. The van der Waals surface area contributed by atoms with Crippen molar-refractivity contribution in [3.63, 3.8) is 0 Å². The first-order chi connectivity index (χ1) is 9.77. The standard InChI is InChI=1S/C19H41N.Au.3BrH/c1-4-5-6-7-8-9-10-11-12-13-14-15-16-17-18-19-20(2)3;;;;/h4-19H2,1-3H3;;3*1H/q;+3;;;/p-3. The maximum Gasteiger partial charge on any atom is 3.00 e. The molecule has 0 N–H and O–H groups in total. The van der Waals surface area contributed by atoms with Crippen molar-refractivity contribution in [1.82, 2.24) is 4.90 Å². The largest absolute Gasteiger partial charge is 3.00 e. The predicted octanol–water partition coefficient (Wildman–Crippen LogP) is -2.57. The Labute approximate surface area is 200 Å². The Bertz CT molecular complexity index is 184. The molecule has 24 heavy (non-hydrogen) atoms. The van der Waals surface area contributed by atoms with Crippen LogP contribution in [0.2, 0.25) is 0 Å². The average Bonchev–Trinajstić information content (AvgIpc) is 2.43. The number of hydrogen-bond acceptors (Lipinski definition) is 1. The Morgan fingerprint density at radius 1 is 0.458 bits per heavy atom. The van der Waals surface area contributed by atoms with E-state index in [0.29, 0.717) is 0 Å². The van der Waals surface area contributed by atoms with Crippen LogP contribution in [0, 0.1) is 0 Å². The summed E-state index contributed by atoms with van der Waals surface area (Å²) < 4.78 is 0. The minimum absolute atomic E-state index is 0. The molecule has 0 atom stereocenters. The van der Waals surface area contributed by atoms with Gasteiger partial charge in [-0.1, -0.05) is 96.8 Å². The van der Waals surface area contributed by atoms with Gasteiger partial charge in [0.15, 0.2) is 0 Å². The summed E-state index contributed by atoms with van der Waals surface area (Å²) in [5.74, 6) is 0. The molecule has 0 heterocycles. The van der Waals surface area contributed by atoms with E-state index in [9.17, 15) is 0 Å². The van der Waals surface area contributed by atoms with Gasteiger partial charge < -0.3 is 55.8 Å². The molecule has 0 spiro atoms. The molecule has 0 rings (SSSR count). The van der Waals surface area contributed by atoms with E-state index < -0.39 is 0 Å². The van der Waals surface area contributed by atoms with Gasteiger partial charge in [0.2, 0.25) is 0 Å². The second-order valence-electron chi connectivity index (χ2n) is 6.75. The molecule has 0 saturated heterocycles. The summed E-state index contributed by atoms with van der Waals surface area (Å²) in [5.41, 5.74) is 0. The molecule has 0 radical (unpaired) electrons. The zero-order valence-electron chi connectivity index (χ0n) is 16.2. The third kappa shape index (κ3) is 35.3. The number of rotatable bonds is 16. The summed E-state index contributed by atoms with van der Waals surface area (Å²) in [6, 6.07) is 0. The van der Waals surface area contributed by atoms with Gasteiger partial charge in [0, 0.05) is 0 Å². The average molecular weight is 720 g/mol. The molecule has 0 bridgehead atoms. The van der Waals surface area contributed by atoms with Crippen molar-refractivity contribution in [1.29, 1.82) is 0 Å². The number of nitrogens with zero attached hydrogens (tertiary/aromatic N) is 1. The third-order valence-electron chi connectivity index (χ3n) is 4.21. The zero-order chi connectivity index (χ0) is 14.9. The quantitative estimate of drug-likeness (QED) is 0.125. The van der Waals surface area contributed by atoms with Gasteiger partial charge in [-0.25, -0.2) is 0 Å². The van der Waals surface area contributed by atoms with Gasteiger partial charge >= 0.3 is 22.4 Å². The maximum atomic E-state index is 2.29.